The van der Waals surface area contributed by atoms with Crippen LogP contribution in [0.15, 0.2) is 40.2 Å². The van der Waals surface area contributed by atoms with Crippen LogP contribution in [-0.2, 0) is 13.0 Å². The molecule has 0 spiro atoms. The lowest BCUT2D eigenvalue weighted by Gasteiger charge is -2.13. The summed E-state index contributed by atoms with van der Waals surface area (Å²) in [7, 11) is 0. The maximum Gasteiger partial charge on any atom is 0.0406 e. The average molecular weight is 345 g/mol. The molecule has 2 aromatic rings. The monoisotopic (exact) mass is 343 g/mol. The van der Waals surface area contributed by atoms with Crippen molar-refractivity contribution in [1.82, 2.24) is 5.32 Å². The molecule has 1 aromatic heterocycles. The van der Waals surface area contributed by atoms with Crippen LogP contribution in [-0.4, -0.2) is 6.04 Å². The van der Waals surface area contributed by atoms with Crippen molar-refractivity contribution in [3.05, 3.63) is 55.6 Å². The van der Waals surface area contributed by atoms with E-state index in [2.05, 4.69) is 51.7 Å². The molecule has 0 amide bonds. The number of rotatable bonds is 5. The summed E-state index contributed by atoms with van der Waals surface area (Å²) < 4.78 is 1.19. The molecule has 0 fully saturated rings. The highest BCUT2D eigenvalue weighted by Crippen LogP contribution is 2.22. The van der Waals surface area contributed by atoms with Crippen LogP contribution in [0.1, 0.15) is 17.4 Å². The summed E-state index contributed by atoms with van der Waals surface area (Å²) in [6, 6.07) is 10.6. The maximum absolute atomic E-state index is 5.87. The molecule has 1 heterocycles. The fourth-order valence-electron chi connectivity index (χ4n) is 1.76. The van der Waals surface area contributed by atoms with Gasteiger partial charge in [0.15, 0.2) is 0 Å². The Kier molecular flexibility index (Phi) is 5.25. The normalized spacial score (nSPS) is 12.6. The van der Waals surface area contributed by atoms with Crippen LogP contribution in [0.3, 0.4) is 0 Å². The van der Waals surface area contributed by atoms with Gasteiger partial charge in [-0.1, -0.05) is 23.7 Å². The van der Waals surface area contributed by atoms with Crippen molar-refractivity contribution < 1.29 is 0 Å². The quantitative estimate of drug-likeness (QED) is 0.814. The molecule has 1 aromatic carbocycles. The van der Waals surface area contributed by atoms with Crippen LogP contribution in [0, 0.1) is 0 Å². The van der Waals surface area contributed by atoms with Gasteiger partial charge in [0.2, 0.25) is 0 Å². The van der Waals surface area contributed by atoms with E-state index in [4.69, 9.17) is 11.6 Å². The predicted molar refractivity (Wildman–Crippen MR) is 83.5 cm³/mol. The summed E-state index contributed by atoms with van der Waals surface area (Å²) in [6.07, 6.45) is 1.01. The van der Waals surface area contributed by atoms with E-state index in [0.29, 0.717) is 6.04 Å². The van der Waals surface area contributed by atoms with Gasteiger partial charge >= 0.3 is 0 Å². The highest BCUT2D eigenvalue weighted by molar-refractivity contribution is 9.10. The lowest BCUT2D eigenvalue weighted by molar-refractivity contribution is 0.548. The van der Waals surface area contributed by atoms with Crippen molar-refractivity contribution in [2.24, 2.45) is 0 Å². The topological polar surface area (TPSA) is 12.0 Å². The molecule has 1 unspecified atom stereocenters. The van der Waals surface area contributed by atoms with E-state index in [0.717, 1.165) is 18.0 Å². The lowest BCUT2D eigenvalue weighted by Crippen LogP contribution is -2.27. The van der Waals surface area contributed by atoms with Gasteiger partial charge in [0.1, 0.15) is 0 Å². The molecule has 96 valence electrons. The first kappa shape index (κ1) is 14.1. The standard InChI is InChI=1S/C14H15BrClNS/c1-10(8-11-2-4-12(16)5-3-11)17-9-14-13(15)6-7-18-14/h2-7,10,17H,8-9H2,1H3. The molecular weight excluding hydrogens is 330 g/mol. The number of thiophene rings is 1. The second kappa shape index (κ2) is 6.71. The summed E-state index contributed by atoms with van der Waals surface area (Å²) in [4.78, 5) is 1.35. The van der Waals surface area contributed by atoms with Gasteiger partial charge in [-0.05, 0) is 58.4 Å². The van der Waals surface area contributed by atoms with E-state index < -0.39 is 0 Å². The van der Waals surface area contributed by atoms with Gasteiger partial charge in [-0.25, -0.2) is 0 Å². The molecule has 18 heavy (non-hydrogen) atoms. The minimum atomic E-state index is 0.445. The van der Waals surface area contributed by atoms with Crippen LogP contribution >= 0.6 is 38.9 Å². The Bertz CT molecular complexity index is 495. The van der Waals surface area contributed by atoms with Gasteiger partial charge in [-0.15, -0.1) is 11.3 Å². The van der Waals surface area contributed by atoms with E-state index in [1.807, 2.05) is 12.1 Å². The third-order valence-electron chi connectivity index (χ3n) is 2.76. The van der Waals surface area contributed by atoms with E-state index in [1.165, 1.54) is 14.9 Å². The second-order valence-electron chi connectivity index (χ2n) is 4.30. The van der Waals surface area contributed by atoms with Crippen LogP contribution in [0.4, 0.5) is 0 Å². The van der Waals surface area contributed by atoms with Gasteiger partial charge in [0.25, 0.3) is 0 Å². The molecule has 0 aliphatic carbocycles. The Balaban J connectivity index is 1.83. The van der Waals surface area contributed by atoms with Crippen molar-refractivity contribution in [1.29, 1.82) is 0 Å². The number of nitrogens with one attached hydrogen (secondary N) is 1. The van der Waals surface area contributed by atoms with Gasteiger partial charge in [0.05, 0.1) is 0 Å². The molecule has 1 N–H and O–H groups in total. The smallest absolute Gasteiger partial charge is 0.0406 e. The number of benzene rings is 1. The summed E-state index contributed by atoms with van der Waals surface area (Å²) >= 11 is 11.2. The average Bonchev–Trinajstić information content (AvgIpc) is 2.75. The third-order valence-corrected chi connectivity index (χ3v) is 4.94. The van der Waals surface area contributed by atoms with Crippen molar-refractivity contribution >= 4 is 38.9 Å². The van der Waals surface area contributed by atoms with Crippen LogP contribution in [0.5, 0.6) is 0 Å². The van der Waals surface area contributed by atoms with Crippen LogP contribution < -0.4 is 5.32 Å². The molecule has 0 saturated heterocycles. The van der Waals surface area contributed by atoms with Gasteiger partial charge < -0.3 is 5.32 Å². The molecule has 4 heteroatoms. The van der Waals surface area contributed by atoms with Crippen LogP contribution in [0.25, 0.3) is 0 Å². The fourth-order valence-corrected chi connectivity index (χ4v) is 3.33. The molecule has 0 saturated carbocycles. The van der Waals surface area contributed by atoms with E-state index in [9.17, 15) is 0 Å². The Labute approximate surface area is 125 Å². The Morgan fingerprint density at radius 2 is 2.00 bits per heavy atom. The third kappa shape index (κ3) is 4.09. The van der Waals surface area contributed by atoms with Gasteiger partial charge in [-0.3, -0.25) is 0 Å². The Morgan fingerprint density at radius 3 is 2.61 bits per heavy atom. The maximum atomic E-state index is 5.87. The fraction of sp³-hybridized carbons (Fsp3) is 0.286. The molecule has 0 radical (unpaired) electrons. The first-order chi connectivity index (χ1) is 8.65. The number of hydrogen-bond donors (Lipinski definition) is 1. The predicted octanol–water partition coefficient (Wildman–Crippen LogP) is 4.88. The minimum absolute atomic E-state index is 0.445. The highest BCUT2D eigenvalue weighted by atomic mass is 79.9. The van der Waals surface area contributed by atoms with Crippen molar-refractivity contribution in [3.63, 3.8) is 0 Å². The lowest BCUT2D eigenvalue weighted by atomic mass is 10.1. The molecule has 0 aliphatic heterocycles. The highest BCUT2D eigenvalue weighted by Gasteiger charge is 2.06. The van der Waals surface area contributed by atoms with E-state index in [-0.39, 0.29) is 0 Å². The molecule has 0 aliphatic rings. The molecule has 1 atom stereocenters. The van der Waals surface area contributed by atoms with Crippen molar-refractivity contribution in [2.45, 2.75) is 25.9 Å². The zero-order valence-corrected chi connectivity index (χ0v) is 13.3. The molecule has 2 rings (SSSR count). The largest absolute Gasteiger partial charge is 0.309 e. The molecule has 0 bridgehead atoms. The molecule has 1 nitrogen and oxygen atoms in total. The van der Waals surface area contributed by atoms with Gasteiger partial charge in [0, 0.05) is 27.0 Å². The number of halogens is 2. The summed E-state index contributed by atoms with van der Waals surface area (Å²) in [5.41, 5.74) is 1.31. The van der Waals surface area contributed by atoms with E-state index >= 15 is 0 Å². The SMILES string of the molecule is CC(Cc1ccc(Cl)cc1)NCc1sccc1Br. The first-order valence-corrected chi connectivity index (χ1v) is 7.90. The van der Waals surface area contributed by atoms with Crippen molar-refractivity contribution in [2.75, 3.05) is 0 Å². The zero-order chi connectivity index (χ0) is 13.0. The Morgan fingerprint density at radius 1 is 1.28 bits per heavy atom. The summed E-state index contributed by atoms with van der Waals surface area (Å²) in [5.74, 6) is 0. The molecular formula is C14H15BrClNS. The first-order valence-electron chi connectivity index (χ1n) is 5.85. The van der Waals surface area contributed by atoms with Gasteiger partial charge in [-0.2, -0.15) is 0 Å². The van der Waals surface area contributed by atoms with E-state index in [1.54, 1.807) is 11.3 Å². The Hall–Kier alpha value is -0.350. The summed E-state index contributed by atoms with van der Waals surface area (Å²) in [5, 5.41) is 6.43. The van der Waals surface area contributed by atoms with Crippen LogP contribution in [0.2, 0.25) is 5.02 Å². The minimum Gasteiger partial charge on any atom is -0.309 e. The number of hydrogen-bond acceptors (Lipinski definition) is 2. The second-order valence-corrected chi connectivity index (χ2v) is 6.60. The van der Waals surface area contributed by atoms with Crippen molar-refractivity contribution in [3.8, 4) is 0 Å². The zero-order valence-electron chi connectivity index (χ0n) is 10.1. The summed E-state index contributed by atoms with van der Waals surface area (Å²) in [6.45, 7) is 3.11.